The molecule has 5 rings (SSSR count). The highest BCUT2D eigenvalue weighted by molar-refractivity contribution is 6.02. The second-order valence-corrected chi connectivity index (χ2v) is 12.8. The molecule has 1 saturated heterocycles. The first-order valence-electron chi connectivity index (χ1n) is 15.4. The number of nitrogens with zero attached hydrogens (tertiary/aromatic N) is 5. The fourth-order valence-electron chi connectivity index (χ4n) is 5.51. The monoisotopic (exact) mass is 670 g/mol. The number of alkyl halides is 3. The molecule has 0 spiro atoms. The van der Waals surface area contributed by atoms with Crippen LogP contribution in [0.15, 0.2) is 48.9 Å². The second kappa shape index (κ2) is 13.8. The highest BCUT2D eigenvalue weighted by Gasteiger charge is 2.34. The predicted octanol–water partition coefficient (Wildman–Crippen LogP) is 5.96. The van der Waals surface area contributed by atoms with Crippen molar-refractivity contribution in [2.75, 3.05) is 49.6 Å². The zero-order valence-corrected chi connectivity index (χ0v) is 27.1. The number of esters is 1. The van der Waals surface area contributed by atoms with Crippen LogP contribution in [0.4, 0.5) is 39.5 Å². The van der Waals surface area contributed by atoms with Gasteiger partial charge in [-0.25, -0.2) is 19.2 Å². The first-order valence-corrected chi connectivity index (χ1v) is 15.4. The van der Waals surface area contributed by atoms with Gasteiger partial charge in [0.1, 0.15) is 29.2 Å². The van der Waals surface area contributed by atoms with Gasteiger partial charge in [0, 0.05) is 56.7 Å². The molecule has 48 heavy (non-hydrogen) atoms. The number of piperazine rings is 1. The van der Waals surface area contributed by atoms with E-state index >= 15 is 4.39 Å². The summed E-state index contributed by atoms with van der Waals surface area (Å²) in [7, 11) is 1.97. The molecule has 1 fully saturated rings. The maximum atomic E-state index is 15.3. The second-order valence-electron chi connectivity index (χ2n) is 12.8. The van der Waals surface area contributed by atoms with E-state index in [4.69, 9.17) is 10.5 Å². The molecular formula is C33H38F4N8O3. The lowest BCUT2D eigenvalue weighted by molar-refractivity contribution is -0.155. The van der Waals surface area contributed by atoms with E-state index < -0.39 is 35.2 Å². The minimum absolute atomic E-state index is 0.0557. The molecule has 0 radical (unpaired) electrons. The van der Waals surface area contributed by atoms with Gasteiger partial charge in [0.2, 0.25) is 0 Å². The molecule has 0 saturated carbocycles. The molecule has 3 heterocycles. The molecule has 0 unspecified atom stereocenters. The number of carbonyl (C=O) groups is 2. The summed E-state index contributed by atoms with van der Waals surface area (Å²) in [5.41, 5.74) is 5.83. The number of amides is 2. The largest absolute Gasteiger partial charge is 0.460 e. The summed E-state index contributed by atoms with van der Waals surface area (Å²) < 4.78 is 64.4. The fraction of sp³-hybridized carbons (Fsp3) is 0.394. The molecule has 0 aliphatic carbocycles. The summed E-state index contributed by atoms with van der Waals surface area (Å²) in [6, 6.07) is 6.77. The Bertz CT molecular complexity index is 1810. The van der Waals surface area contributed by atoms with Crippen molar-refractivity contribution in [3.63, 3.8) is 0 Å². The van der Waals surface area contributed by atoms with Gasteiger partial charge in [-0.1, -0.05) is 12.1 Å². The third-order valence-corrected chi connectivity index (χ3v) is 7.85. The van der Waals surface area contributed by atoms with Crippen LogP contribution >= 0.6 is 0 Å². The normalized spacial score (nSPS) is 14.7. The van der Waals surface area contributed by atoms with Gasteiger partial charge < -0.3 is 30.6 Å². The van der Waals surface area contributed by atoms with Crippen LogP contribution in [0.1, 0.15) is 38.3 Å². The number of ether oxygens (including phenoxy) is 1. The first-order chi connectivity index (χ1) is 22.6. The van der Waals surface area contributed by atoms with Crippen LogP contribution in [0.3, 0.4) is 0 Å². The SMILES string of the molecule is CN1CCN(Cc2ccc(NC(=O)Nc3ccc(-c4cn(CCC(=O)OC(C)(C)C)c5ncnc(N)c45)cc3F)cc2C(F)(F)F)CC1. The van der Waals surface area contributed by atoms with Crippen molar-refractivity contribution in [3.8, 4) is 11.1 Å². The number of hydrogen-bond acceptors (Lipinski definition) is 8. The molecule has 1 aliphatic heterocycles. The molecule has 1 aliphatic rings. The summed E-state index contributed by atoms with van der Waals surface area (Å²) in [6.07, 6.45) is -1.61. The number of nitrogen functional groups attached to an aromatic ring is 1. The van der Waals surface area contributed by atoms with E-state index in [2.05, 4.69) is 25.5 Å². The zero-order valence-electron chi connectivity index (χ0n) is 27.1. The number of benzene rings is 2. The van der Waals surface area contributed by atoms with Crippen LogP contribution in [0.25, 0.3) is 22.2 Å². The lowest BCUT2D eigenvalue weighted by Gasteiger charge is -2.33. The average Bonchev–Trinajstić information content (AvgIpc) is 3.37. The Morgan fingerprint density at radius 2 is 1.73 bits per heavy atom. The molecule has 0 atom stereocenters. The number of aromatic nitrogens is 3. The van der Waals surface area contributed by atoms with E-state index in [1.807, 2.05) is 11.9 Å². The van der Waals surface area contributed by atoms with Gasteiger partial charge in [0.25, 0.3) is 0 Å². The van der Waals surface area contributed by atoms with Crippen molar-refractivity contribution in [2.45, 2.75) is 52.1 Å². The van der Waals surface area contributed by atoms with Crippen LogP contribution in [-0.4, -0.2) is 75.2 Å². The van der Waals surface area contributed by atoms with E-state index in [-0.39, 0.29) is 42.3 Å². The van der Waals surface area contributed by atoms with Gasteiger partial charge in [-0.05, 0) is 63.2 Å². The average molecular weight is 671 g/mol. The number of likely N-dealkylation sites (N-methyl/N-ethyl adjacent to an activating group) is 1. The zero-order chi connectivity index (χ0) is 34.8. The molecule has 4 N–H and O–H groups in total. The number of urea groups is 1. The molecule has 0 bridgehead atoms. The standard InChI is InChI=1S/C33H38F4N8O3/c1-32(2,3)48-27(46)9-10-45-18-23(28-29(38)39-19-40-30(28)45)20-6-8-26(25(34)15-20)42-31(47)41-22-7-5-21(24(16-22)33(35,36)37)17-44-13-11-43(4)12-14-44/h5-8,15-16,18-19H,9-14,17H2,1-4H3,(H2,38,39,40)(H2,41,42,47). The summed E-state index contributed by atoms with van der Waals surface area (Å²) in [6.45, 7) is 8.50. The molecule has 4 aromatic rings. The molecule has 256 valence electrons. The number of hydrogen-bond donors (Lipinski definition) is 3. The number of halogens is 4. The Kier molecular flexibility index (Phi) is 9.91. The number of nitrogens with two attached hydrogens (primary N) is 1. The molecule has 2 aromatic carbocycles. The van der Waals surface area contributed by atoms with Crippen LogP contribution in [0.2, 0.25) is 0 Å². The van der Waals surface area contributed by atoms with E-state index in [1.54, 1.807) is 37.6 Å². The van der Waals surface area contributed by atoms with Crippen molar-refractivity contribution in [2.24, 2.45) is 0 Å². The van der Waals surface area contributed by atoms with Crippen molar-refractivity contribution < 1.29 is 31.9 Å². The Hall–Kier alpha value is -4.76. The van der Waals surface area contributed by atoms with Crippen LogP contribution in [0.5, 0.6) is 0 Å². The molecule has 15 heteroatoms. The van der Waals surface area contributed by atoms with Gasteiger partial charge in [0.15, 0.2) is 0 Å². The van der Waals surface area contributed by atoms with Crippen LogP contribution in [-0.2, 0) is 28.8 Å². The summed E-state index contributed by atoms with van der Waals surface area (Å²) >= 11 is 0. The lowest BCUT2D eigenvalue weighted by atomic mass is 10.0. The smallest absolute Gasteiger partial charge is 0.416 e. The predicted molar refractivity (Wildman–Crippen MR) is 175 cm³/mol. The number of carbonyl (C=O) groups excluding carboxylic acids is 2. The number of nitrogens with one attached hydrogen (secondary N) is 2. The molecular weight excluding hydrogens is 632 g/mol. The Morgan fingerprint density at radius 1 is 1.00 bits per heavy atom. The van der Waals surface area contributed by atoms with Gasteiger partial charge in [-0.15, -0.1) is 0 Å². The van der Waals surface area contributed by atoms with Crippen molar-refractivity contribution in [3.05, 3.63) is 65.9 Å². The van der Waals surface area contributed by atoms with Crippen molar-refractivity contribution in [1.82, 2.24) is 24.3 Å². The highest BCUT2D eigenvalue weighted by Crippen LogP contribution is 2.36. The highest BCUT2D eigenvalue weighted by atomic mass is 19.4. The molecule has 2 amide bonds. The third-order valence-electron chi connectivity index (χ3n) is 7.85. The lowest BCUT2D eigenvalue weighted by Crippen LogP contribution is -2.44. The Labute approximate surface area is 275 Å². The Morgan fingerprint density at radius 3 is 2.40 bits per heavy atom. The minimum Gasteiger partial charge on any atom is -0.460 e. The fourth-order valence-corrected chi connectivity index (χ4v) is 5.51. The number of rotatable bonds is 8. The van der Waals surface area contributed by atoms with E-state index in [9.17, 15) is 22.8 Å². The van der Waals surface area contributed by atoms with Crippen LogP contribution in [0, 0.1) is 5.82 Å². The topological polar surface area (TPSA) is 131 Å². The molecule has 11 nitrogen and oxygen atoms in total. The number of fused-ring (bicyclic) bond motifs is 1. The van der Waals surface area contributed by atoms with Crippen LogP contribution < -0.4 is 16.4 Å². The number of anilines is 3. The minimum atomic E-state index is -4.63. The van der Waals surface area contributed by atoms with E-state index in [0.29, 0.717) is 35.2 Å². The number of aryl methyl sites for hydroxylation is 1. The maximum Gasteiger partial charge on any atom is 0.416 e. The van der Waals surface area contributed by atoms with Gasteiger partial charge in [-0.2, -0.15) is 13.2 Å². The van der Waals surface area contributed by atoms with E-state index in [1.165, 1.54) is 30.6 Å². The van der Waals surface area contributed by atoms with Gasteiger partial charge in [0.05, 0.1) is 23.1 Å². The summed E-state index contributed by atoms with van der Waals surface area (Å²) in [5.74, 6) is -1.05. The Balaban J connectivity index is 1.31. The quantitative estimate of drug-likeness (QED) is 0.155. The third kappa shape index (κ3) is 8.39. The first kappa shape index (κ1) is 34.6. The maximum absolute atomic E-state index is 15.3. The van der Waals surface area contributed by atoms with Gasteiger partial charge in [-0.3, -0.25) is 9.69 Å². The van der Waals surface area contributed by atoms with E-state index in [0.717, 1.165) is 19.2 Å². The molecule has 2 aromatic heterocycles. The van der Waals surface area contributed by atoms with Crippen molar-refractivity contribution in [1.29, 1.82) is 0 Å². The summed E-state index contributed by atoms with van der Waals surface area (Å²) in [5, 5.41) is 5.19. The summed E-state index contributed by atoms with van der Waals surface area (Å²) in [4.78, 5) is 37.5. The van der Waals surface area contributed by atoms with Crippen molar-refractivity contribution >= 4 is 40.2 Å². The van der Waals surface area contributed by atoms with Gasteiger partial charge >= 0.3 is 18.2 Å².